The molecule has 2 heterocycles. The molecular formula is C16H20N4OS. The summed E-state index contributed by atoms with van der Waals surface area (Å²) in [6.45, 7) is 2.30. The zero-order valence-electron chi connectivity index (χ0n) is 12.6. The summed E-state index contributed by atoms with van der Waals surface area (Å²) in [7, 11) is 0. The van der Waals surface area contributed by atoms with Gasteiger partial charge in [-0.25, -0.2) is 4.98 Å². The molecule has 0 fully saturated rings. The van der Waals surface area contributed by atoms with Gasteiger partial charge in [0.05, 0.1) is 12.2 Å². The molecule has 3 rings (SSSR count). The molecule has 0 bridgehead atoms. The van der Waals surface area contributed by atoms with Gasteiger partial charge in [0, 0.05) is 23.3 Å². The van der Waals surface area contributed by atoms with E-state index in [-0.39, 0.29) is 18.5 Å². The quantitative estimate of drug-likeness (QED) is 0.890. The van der Waals surface area contributed by atoms with Gasteiger partial charge in [0.2, 0.25) is 5.91 Å². The van der Waals surface area contributed by atoms with Gasteiger partial charge >= 0.3 is 0 Å². The lowest BCUT2D eigenvalue weighted by atomic mass is 10.0. The number of carbonyl (C=O) groups excluding carboxylic acids is 1. The van der Waals surface area contributed by atoms with Gasteiger partial charge < -0.3 is 10.6 Å². The Morgan fingerprint density at radius 1 is 1.32 bits per heavy atom. The first-order valence-corrected chi connectivity index (χ1v) is 8.46. The fraction of sp³-hybridized carbons (Fsp3) is 0.438. The van der Waals surface area contributed by atoms with Crippen LogP contribution in [-0.4, -0.2) is 22.4 Å². The number of fused-ring (bicyclic) bond motifs is 1. The molecule has 5 nitrogen and oxygen atoms in total. The predicted molar refractivity (Wildman–Crippen MR) is 88.0 cm³/mol. The van der Waals surface area contributed by atoms with E-state index in [4.69, 9.17) is 0 Å². The molecule has 1 amide bonds. The fourth-order valence-electron chi connectivity index (χ4n) is 2.58. The lowest BCUT2D eigenvalue weighted by Gasteiger charge is -2.13. The summed E-state index contributed by atoms with van der Waals surface area (Å²) < 4.78 is 0. The van der Waals surface area contributed by atoms with Crippen LogP contribution in [0.25, 0.3) is 0 Å². The number of carbonyl (C=O) groups is 1. The third kappa shape index (κ3) is 3.69. The number of rotatable bonds is 5. The SMILES string of the molecule is C[C@@H](NCC(=O)Nc1nc2c(s1)CCCC2)c1ccncc1. The number of nitrogens with zero attached hydrogens (tertiary/aromatic N) is 2. The van der Waals surface area contributed by atoms with E-state index in [9.17, 15) is 4.79 Å². The van der Waals surface area contributed by atoms with Crippen molar-refractivity contribution in [3.63, 3.8) is 0 Å². The van der Waals surface area contributed by atoms with Crippen LogP contribution in [0.4, 0.5) is 5.13 Å². The summed E-state index contributed by atoms with van der Waals surface area (Å²) in [5.41, 5.74) is 2.29. The fourth-order valence-corrected chi connectivity index (χ4v) is 3.65. The standard InChI is InChI=1S/C16H20N4OS/c1-11(12-6-8-17-9-7-12)18-10-15(21)20-16-19-13-4-2-3-5-14(13)22-16/h6-9,11,18H,2-5,10H2,1H3,(H,19,20,21)/t11-/m1/s1. The molecule has 0 unspecified atom stereocenters. The summed E-state index contributed by atoms with van der Waals surface area (Å²) in [5, 5.41) is 6.85. The Kier molecular flexibility index (Phi) is 4.80. The summed E-state index contributed by atoms with van der Waals surface area (Å²) in [4.78, 5) is 21.9. The first-order chi connectivity index (χ1) is 10.7. The molecule has 1 aliphatic rings. The van der Waals surface area contributed by atoms with Crippen LogP contribution in [0.2, 0.25) is 0 Å². The van der Waals surface area contributed by atoms with Gasteiger partial charge in [0.1, 0.15) is 0 Å². The van der Waals surface area contributed by atoms with E-state index in [0.29, 0.717) is 0 Å². The zero-order chi connectivity index (χ0) is 15.4. The van der Waals surface area contributed by atoms with Gasteiger partial charge in [-0.1, -0.05) is 0 Å². The van der Waals surface area contributed by atoms with Gasteiger partial charge in [0.25, 0.3) is 0 Å². The maximum Gasteiger partial charge on any atom is 0.240 e. The van der Waals surface area contributed by atoms with Gasteiger partial charge in [0.15, 0.2) is 5.13 Å². The molecule has 6 heteroatoms. The number of thiazole rings is 1. The molecule has 0 saturated heterocycles. The van der Waals surface area contributed by atoms with Crippen LogP contribution in [0.3, 0.4) is 0 Å². The average molecular weight is 316 g/mol. The van der Waals surface area contributed by atoms with Crippen LogP contribution in [-0.2, 0) is 17.6 Å². The number of aromatic nitrogens is 2. The van der Waals surface area contributed by atoms with Crippen molar-refractivity contribution in [2.75, 3.05) is 11.9 Å². The summed E-state index contributed by atoms with van der Waals surface area (Å²) in [6, 6.07) is 4.01. The third-order valence-electron chi connectivity index (χ3n) is 3.87. The van der Waals surface area contributed by atoms with Crippen molar-refractivity contribution in [3.8, 4) is 0 Å². The van der Waals surface area contributed by atoms with Crippen molar-refractivity contribution in [1.82, 2.24) is 15.3 Å². The monoisotopic (exact) mass is 316 g/mol. The molecule has 0 aromatic carbocycles. The van der Waals surface area contributed by atoms with Crippen molar-refractivity contribution >= 4 is 22.4 Å². The Morgan fingerprint density at radius 2 is 2.09 bits per heavy atom. The molecule has 2 aromatic rings. The minimum absolute atomic E-state index is 0.0491. The van der Waals surface area contributed by atoms with Crippen LogP contribution < -0.4 is 10.6 Å². The minimum Gasteiger partial charge on any atom is -0.302 e. The molecule has 1 atom stereocenters. The number of amides is 1. The average Bonchev–Trinajstić information content (AvgIpc) is 2.95. The summed E-state index contributed by atoms with van der Waals surface area (Å²) >= 11 is 1.62. The highest BCUT2D eigenvalue weighted by molar-refractivity contribution is 7.15. The maximum atomic E-state index is 12.0. The van der Waals surface area contributed by atoms with E-state index in [2.05, 4.69) is 20.6 Å². The smallest absolute Gasteiger partial charge is 0.240 e. The predicted octanol–water partition coefficient (Wildman–Crippen LogP) is 2.71. The number of pyridine rings is 1. The Hall–Kier alpha value is -1.79. The first-order valence-electron chi connectivity index (χ1n) is 7.64. The Labute approximate surface area is 134 Å². The second-order valence-corrected chi connectivity index (χ2v) is 6.61. The lowest BCUT2D eigenvalue weighted by molar-refractivity contribution is -0.115. The zero-order valence-corrected chi connectivity index (χ0v) is 13.4. The van der Waals surface area contributed by atoms with Crippen LogP contribution in [0.15, 0.2) is 24.5 Å². The molecule has 0 saturated carbocycles. The molecule has 22 heavy (non-hydrogen) atoms. The van der Waals surface area contributed by atoms with Crippen molar-refractivity contribution in [3.05, 3.63) is 40.7 Å². The highest BCUT2D eigenvalue weighted by atomic mass is 32.1. The van der Waals surface area contributed by atoms with Crippen molar-refractivity contribution < 1.29 is 4.79 Å². The van der Waals surface area contributed by atoms with Gasteiger partial charge in [-0.3, -0.25) is 9.78 Å². The van der Waals surface area contributed by atoms with Gasteiger partial charge in [-0.2, -0.15) is 0 Å². The lowest BCUT2D eigenvalue weighted by Crippen LogP contribution is -2.30. The number of hydrogen-bond acceptors (Lipinski definition) is 5. The van der Waals surface area contributed by atoms with Gasteiger partial charge in [-0.05, 0) is 50.3 Å². The molecular weight excluding hydrogens is 296 g/mol. The summed E-state index contributed by atoms with van der Waals surface area (Å²) in [5.74, 6) is -0.0491. The van der Waals surface area contributed by atoms with E-state index < -0.39 is 0 Å². The maximum absolute atomic E-state index is 12.0. The van der Waals surface area contributed by atoms with Gasteiger partial charge in [-0.15, -0.1) is 11.3 Å². The topological polar surface area (TPSA) is 66.9 Å². The Morgan fingerprint density at radius 3 is 2.86 bits per heavy atom. The molecule has 0 aliphatic heterocycles. The minimum atomic E-state index is -0.0491. The van der Waals surface area contributed by atoms with E-state index in [0.717, 1.165) is 23.5 Å². The second kappa shape index (κ2) is 6.98. The molecule has 2 aromatic heterocycles. The van der Waals surface area contributed by atoms with Crippen LogP contribution in [0.1, 0.15) is 41.9 Å². The molecule has 1 aliphatic carbocycles. The van der Waals surface area contributed by atoms with E-state index >= 15 is 0 Å². The molecule has 116 valence electrons. The number of anilines is 1. The number of hydrogen-bond donors (Lipinski definition) is 2. The van der Waals surface area contributed by atoms with E-state index in [1.165, 1.54) is 23.4 Å². The van der Waals surface area contributed by atoms with Crippen molar-refractivity contribution in [1.29, 1.82) is 0 Å². The van der Waals surface area contributed by atoms with Crippen LogP contribution in [0, 0.1) is 0 Å². The number of aryl methyl sites for hydroxylation is 2. The van der Waals surface area contributed by atoms with Crippen LogP contribution in [0.5, 0.6) is 0 Å². The highest BCUT2D eigenvalue weighted by Gasteiger charge is 2.16. The Balaban J connectivity index is 1.51. The summed E-state index contributed by atoms with van der Waals surface area (Å²) in [6.07, 6.45) is 8.09. The third-order valence-corrected chi connectivity index (χ3v) is 4.94. The first kappa shape index (κ1) is 15.1. The number of nitrogens with one attached hydrogen (secondary N) is 2. The van der Waals surface area contributed by atoms with E-state index in [1.807, 2.05) is 19.1 Å². The second-order valence-electron chi connectivity index (χ2n) is 5.53. The highest BCUT2D eigenvalue weighted by Crippen LogP contribution is 2.29. The van der Waals surface area contributed by atoms with Crippen LogP contribution >= 0.6 is 11.3 Å². The Bertz CT molecular complexity index is 617. The van der Waals surface area contributed by atoms with Crippen molar-refractivity contribution in [2.24, 2.45) is 0 Å². The molecule has 2 N–H and O–H groups in total. The van der Waals surface area contributed by atoms with E-state index in [1.54, 1.807) is 23.7 Å². The largest absolute Gasteiger partial charge is 0.302 e. The van der Waals surface area contributed by atoms with Crippen molar-refractivity contribution in [2.45, 2.75) is 38.6 Å². The molecule has 0 radical (unpaired) electrons. The molecule has 0 spiro atoms. The normalized spacial score (nSPS) is 15.1.